The molecule has 0 saturated heterocycles. The lowest BCUT2D eigenvalue weighted by atomic mass is 10.2. The predicted molar refractivity (Wildman–Crippen MR) is 187 cm³/mol. The van der Waals surface area contributed by atoms with Crippen molar-refractivity contribution < 1.29 is 52.7 Å². The Morgan fingerprint density at radius 2 is 0.654 bits per heavy atom. The molecular formula is C36H24F12P2S2. The molecule has 0 aliphatic carbocycles. The second kappa shape index (κ2) is 14.4. The quantitative estimate of drug-likeness (QED) is 0.113. The first-order valence-corrected chi connectivity index (χ1v) is 20.9. The van der Waals surface area contributed by atoms with Gasteiger partial charge < -0.3 is 0 Å². The van der Waals surface area contributed by atoms with Crippen molar-refractivity contribution in [2.75, 3.05) is 6.16 Å². The lowest BCUT2D eigenvalue weighted by Crippen LogP contribution is -2.28. The van der Waals surface area contributed by atoms with E-state index in [2.05, 4.69) is 0 Å². The molecule has 5 aromatic rings. The highest BCUT2D eigenvalue weighted by Gasteiger charge is 2.41. The number of hydrogen-bond acceptors (Lipinski definition) is 2. The van der Waals surface area contributed by atoms with Crippen molar-refractivity contribution in [3.8, 4) is 0 Å². The van der Waals surface area contributed by atoms with Crippen LogP contribution in [-0.2, 0) is 48.3 Å². The molecule has 0 spiro atoms. The minimum Gasteiger partial charge on any atom is -0.166 e. The van der Waals surface area contributed by atoms with Crippen LogP contribution in [0.25, 0.3) is 0 Å². The molecule has 0 heterocycles. The minimum atomic E-state index is -4.74. The Balaban J connectivity index is 1.80. The average Bonchev–Trinajstić information content (AvgIpc) is 3.09. The van der Waals surface area contributed by atoms with Gasteiger partial charge in [0.1, 0.15) is 0 Å². The van der Waals surface area contributed by atoms with Gasteiger partial charge in [-0.3, -0.25) is 0 Å². The molecule has 0 radical (unpaired) electrons. The van der Waals surface area contributed by atoms with Crippen molar-refractivity contribution in [2.45, 2.75) is 30.4 Å². The molecule has 0 fully saturated rings. The summed E-state index contributed by atoms with van der Waals surface area (Å²) in [4.78, 5) is 0. The molecule has 0 nitrogen and oxygen atoms in total. The van der Waals surface area contributed by atoms with E-state index >= 15 is 0 Å². The molecule has 0 aromatic heterocycles. The fourth-order valence-corrected chi connectivity index (χ4v) is 16.1. The Labute approximate surface area is 300 Å². The molecule has 5 aromatic carbocycles. The molecule has 274 valence electrons. The molecular weight excluding hydrogens is 786 g/mol. The number of alkyl halides is 12. The Kier molecular flexibility index (Phi) is 11.0. The van der Waals surface area contributed by atoms with Gasteiger partial charge in [-0.05, 0) is 81.5 Å². The van der Waals surface area contributed by atoms with Gasteiger partial charge >= 0.3 is 24.7 Å². The summed E-state index contributed by atoms with van der Waals surface area (Å²) >= 11 is 12.8. The van der Waals surface area contributed by atoms with Crippen LogP contribution in [0.2, 0.25) is 0 Å². The van der Waals surface area contributed by atoms with Crippen LogP contribution >= 0.6 is 12.1 Å². The highest BCUT2D eigenvalue weighted by Crippen LogP contribution is 2.63. The van der Waals surface area contributed by atoms with Crippen LogP contribution < -0.4 is 21.2 Å². The summed E-state index contributed by atoms with van der Waals surface area (Å²) in [5, 5.41) is 0.700. The van der Waals surface area contributed by atoms with E-state index in [9.17, 15) is 52.7 Å². The number of benzene rings is 5. The summed E-state index contributed by atoms with van der Waals surface area (Å²) in [7, 11) is 0. The summed E-state index contributed by atoms with van der Waals surface area (Å²) in [5.74, 6) is 0. The normalized spacial score (nSPS) is 13.9. The maximum absolute atomic E-state index is 13.6. The van der Waals surface area contributed by atoms with E-state index in [1.807, 2.05) is 0 Å². The highest BCUT2D eigenvalue weighted by molar-refractivity contribution is 8.24. The van der Waals surface area contributed by atoms with Crippen LogP contribution in [0, 0.1) is 0 Å². The van der Waals surface area contributed by atoms with Gasteiger partial charge in [-0.15, -0.1) is 0 Å². The van der Waals surface area contributed by atoms with Crippen molar-refractivity contribution in [3.63, 3.8) is 0 Å². The third kappa shape index (κ3) is 8.35. The third-order valence-corrected chi connectivity index (χ3v) is 19.1. The minimum absolute atomic E-state index is 0.172. The van der Waals surface area contributed by atoms with Gasteiger partial charge in [0.05, 0.1) is 22.3 Å². The number of halogens is 12. The monoisotopic (exact) mass is 810 g/mol. The summed E-state index contributed by atoms with van der Waals surface area (Å²) in [6.45, 7) is 0. The Morgan fingerprint density at radius 3 is 0.923 bits per heavy atom. The molecule has 0 amide bonds. The standard InChI is InChI=1S/C36H24F12P2S2/c37-33(38,39)24-6-14-28(15-7-24)49(51,29-16-8-25(9-17-29)34(40,41)42)22-32(23-4-2-1-3-5-23)50(52,30-18-10-26(11-19-30)35(43,44)45)31-20-12-27(13-21-31)36(46,47)48/h1-21,32H,22H2. The SMILES string of the molecule is FC(F)(F)c1ccc(P(=S)(CC(c2ccccc2)P(=S)(c2ccc(C(F)(F)F)cc2)c2ccc(C(F)(F)F)cc2)c2ccc(C(F)(F)F)cc2)cc1. The lowest BCUT2D eigenvalue weighted by molar-refractivity contribution is -0.138. The highest BCUT2D eigenvalue weighted by atomic mass is 32.4. The second-order valence-electron chi connectivity index (χ2n) is 11.7. The van der Waals surface area contributed by atoms with Crippen LogP contribution in [0.5, 0.6) is 0 Å². The molecule has 0 bridgehead atoms. The van der Waals surface area contributed by atoms with Crippen molar-refractivity contribution in [1.82, 2.24) is 0 Å². The van der Waals surface area contributed by atoms with Crippen LogP contribution in [0.1, 0.15) is 33.5 Å². The molecule has 16 heteroatoms. The molecule has 0 N–H and O–H groups in total. The number of hydrogen-bond donors (Lipinski definition) is 0. The van der Waals surface area contributed by atoms with E-state index < -0.39 is 64.7 Å². The van der Waals surface area contributed by atoms with Gasteiger partial charge in [-0.25, -0.2) is 0 Å². The van der Waals surface area contributed by atoms with Gasteiger partial charge in [-0.1, -0.05) is 102 Å². The first-order chi connectivity index (χ1) is 24.0. The van der Waals surface area contributed by atoms with E-state index in [-0.39, 0.29) is 27.4 Å². The van der Waals surface area contributed by atoms with Gasteiger partial charge in [-0.2, -0.15) is 52.7 Å². The fraction of sp³-hybridized carbons (Fsp3) is 0.167. The van der Waals surface area contributed by atoms with E-state index in [4.69, 9.17) is 23.6 Å². The maximum Gasteiger partial charge on any atom is 0.416 e. The van der Waals surface area contributed by atoms with E-state index in [0.717, 1.165) is 97.1 Å². The summed E-state index contributed by atoms with van der Waals surface area (Å²) in [6, 6.07) is 16.6. The predicted octanol–water partition coefficient (Wildman–Crippen LogP) is 11.1. The topological polar surface area (TPSA) is 0 Å². The summed E-state index contributed by atoms with van der Waals surface area (Å²) in [5.41, 5.74) is -4.55. The third-order valence-electron chi connectivity index (χ3n) is 8.43. The summed E-state index contributed by atoms with van der Waals surface area (Å²) in [6.07, 6.45) is -19.1. The number of rotatable bonds is 8. The first-order valence-electron chi connectivity index (χ1n) is 15.0. The zero-order valence-electron chi connectivity index (χ0n) is 26.2. The van der Waals surface area contributed by atoms with E-state index in [1.165, 1.54) is 0 Å². The van der Waals surface area contributed by atoms with Crippen molar-refractivity contribution in [3.05, 3.63) is 155 Å². The zero-order chi connectivity index (χ0) is 38.3. The van der Waals surface area contributed by atoms with E-state index in [1.54, 1.807) is 30.3 Å². The first kappa shape index (κ1) is 39.8. The second-order valence-corrected chi connectivity index (χ2v) is 21.1. The van der Waals surface area contributed by atoms with Crippen molar-refractivity contribution >= 4 is 56.9 Å². The molecule has 0 aliphatic rings. The van der Waals surface area contributed by atoms with Gasteiger partial charge in [0.25, 0.3) is 0 Å². The van der Waals surface area contributed by atoms with Crippen LogP contribution in [-0.4, -0.2) is 6.16 Å². The van der Waals surface area contributed by atoms with Crippen LogP contribution in [0.3, 0.4) is 0 Å². The summed E-state index contributed by atoms with van der Waals surface area (Å²) < 4.78 is 163. The molecule has 0 aliphatic heterocycles. The Bertz CT molecular complexity index is 1960. The lowest BCUT2D eigenvalue weighted by Gasteiger charge is -2.37. The van der Waals surface area contributed by atoms with Crippen LogP contribution in [0.4, 0.5) is 52.7 Å². The molecule has 1 unspecified atom stereocenters. The Morgan fingerprint density at radius 1 is 0.385 bits per heavy atom. The Hall–Kier alpha value is -3.44. The van der Waals surface area contributed by atoms with E-state index in [0.29, 0.717) is 5.56 Å². The van der Waals surface area contributed by atoms with Crippen LogP contribution in [0.15, 0.2) is 127 Å². The average molecular weight is 811 g/mol. The van der Waals surface area contributed by atoms with Crippen molar-refractivity contribution in [1.29, 1.82) is 0 Å². The zero-order valence-corrected chi connectivity index (χ0v) is 29.6. The maximum atomic E-state index is 13.6. The van der Waals surface area contributed by atoms with Gasteiger partial charge in [0.15, 0.2) is 0 Å². The van der Waals surface area contributed by atoms with Gasteiger partial charge in [0, 0.05) is 17.7 Å². The van der Waals surface area contributed by atoms with Crippen molar-refractivity contribution in [2.24, 2.45) is 0 Å². The van der Waals surface area contributed by atoms with Gasteiger partial charge in [0.2, 0.25) is 0 Å². The molecule has 1 atom stereocenters. The fourth-order valence-electron chi connectivity index (χ4n) is 5.74. The largest absolute Gasteiger partial charge is 0.416 e. The molecule has 52 heavy (non-hydrogen) atoms. The molecule has 5 rings (SSSR count). The molecule has 0 saturated carbocycles. The smallest absolute Gasteiger partial charge is 0.166 e.